The Hall–Kier alpha value is -4.28. The van der Waals surface area contributed by atoms with Gasteiger partial charge in [0, 0.05) is 14.2 Å². The quantitative estimate of drug-likeness (QED) is 0.107. The Balaban J connectivity index is 1.36. The second kappa shape index (κ2) is 19.9. The van der Waals surface area contributed by atoms with Gasteiger partial charge in [-0.25, -0.2) is 0 Å². The summed E-state index contributed by atoms with van der Waals surface area (Å²) < 4.78 is 17.9. The first kappa shape index (κ1) is 33.6. The largest absolute Gasteiger partial charge is 0.382 e. The van der Waals surface area contributed by atoms with Crippen molar-refractivity contribution in [3.63, 3.8) is 0 Å². The Bertz CT molecular complexity index is 1390. The first-order valence-corrected chi connectivity index (χ1v) is 15.8. The minimum Gasteiger partial charge on any atom is -0.382 e. The van der Waals surface area contributed by atoms with Gasteiger partial charge in [0.2, 0.25) is 0 Å². The van der Waals surface area contributed by atoms with Crippen molar-refractivity contribution in [1.29, 1.82) is 0 Å². The number of hydrogen-bond donors (Lipinski definition) is 0. The Labute approximate surface area is 270 Å². The van der Waals surface area contributed by atoms with Crippen LogP contribution >= 0.6 is 0 Å². The van der Waals surface area contributed by atoms with Gasteiger partial charge in [-0.1, -0.05) is 146 Å². The molecule has 0 saturated carbocycles. The predicted octanol–water partition coefficient (Wildman–Crippen LogP) is 10.2. The molecule has 4 aromatic carbocycles. The van der Waals surface area contributed by atoms with E-state index in [0.717, 1.165) is 47.9 Å². The van der Waals surface area contributed by atoms with Gasteiger partial charge in [-0.2, -0.15) is 0 Å². The molecule has 0 aromatic heterocycles. The molecule has 2 atom stereocenters. The van der Waals surface area contributed by atoms with Crippen molar-refractivity contribution in [2.45, 2.75) is 37.9 Å². The highest BCUT2D eigenvalue weighted by molar-refractivity contribution is 5.53. The Kier molecular flexibility index (Phi) is 14.9. The average molecular weight is 599 g/mol. The first-order valence-electron chi connectivity index (χ1n) is 15.8. The van der Waals surface area contributed by atoms with Crippen molar-refractivity contribution < 1.29 is 14.2 Å². The third kappa shape index (κ3) is 12.3. The monoisotopic (exact) mass is 598 g/mol. The lowest BCUT2D eigenvalue weighted by atomic mass is 10.0. The fourth-order valence-electron chi connectivity index (χ4n) is 5.13. The minimum atomic E-state index is -0.239. The number of hydrogen-bond acceptors (Lipinski definition) is 3. The van der Waals surface area contributed by atoms with Crippen LogP contribution < -0.4 is 0 Å². The van der Waals surface area contributed by atoms with E-state index in [1.165, 1.54) is 11.1 Å². The lowest BCUT2D eigenvalue weighted by Crippen LogP contribution is -2.18. The summed E-state index contributed by atoms with van der Waals surface area (Å²) in [6.07, 6.45) is 20.8. The lowest BCUT2D eigenvalue weighted by Gasteiger charge is -2.25. The molecule has 0 aliphatic carbocycles. The maximum Gasteiger partial charge on any atom is 0.107 e. The molecule has 3 nitrogen and oxygen atoms in total. The van der Waals surface area contributed by atoms with E-state index < -0.39 is 0 Å². The van der Waals surface area contributed by atoms with Crippen LogP contribution in [0.25, 0.3) is 12.2 Å². The maximum atomic E-state index is 6.69. The number of rotatable bonds is 18. The van der Waals surface area contributed by atoms with Crippen LogP contribution in [0.2, 0.25) is 0 Å². The number of benzene rings is 4. The minimum absolute atomic E-state index is 0.239. The van der Waals surface area contributed by atoms with Crippen LogP contribution in [-0.2, 0) is 27.1 Å². The molecular weight excluding hydrogens is 552 g/mol. The summed E-state index contributed by atoms with van der Waals surface area (Å²) in [5.41, 5.74) is 7.12. The zero-order chi connectivity index (χ0) is 31.4. The van der Waals surface area contributed by atoms with Crippen LogP contribution in [0.1, 0.15) is 58.4 Å². The van der Waals surface area contributed by atoms with Gasteiger partial charge in [-0.05, 0) is 71.2 Å². The van der Waals surface area contributed by atoms with E-state index >= 15 is 0 Å². The Morgan fingerprint density at radius 2 is 0.956 bits per heavy atom. The molecule has 0 spiro atoms. The molecule has 0 fully saturated rings. The van der Waals surface area contributed by atoms with Crippen LogP contribution in [0.3, 0.4) is 0 Å². The first-order chi connectivity index (χ1) is 22.2. The predicted molar refractivity (Wildman–Crippen MR) is 189 cm³/mol. The Morgan fingerprint density at radius 3 is 1.38 bits per heavy atom. The third-order valence-corrected chi connectivity index (χ3v) is 7.49. The van der Waals surface area contributed by atoms with Crippen molar-refractivity contribution >= 4 is 12.2 Å². The van der Waals surface area contributed by atoms with Crippen LogP contribution in [0.15, 0.2) is 146 Å². The van der Waals surface area contributed by atoms with Crippen molar-refractivity contribution in [3.8, 4) is 0 Å². The normalized spacial score (nSPS) is 13.4. The SMILES string of the molecule is COCC(OC(COC)c1cccc(C=CC=CCCc2ccccc2)c1)c1cccc(C=CC=CCCc2ccccc2)c1. The number of methoxy groups -OCH3 is 2. The highest BCUT2D eigenvalue weighted by Crippen LogP contribution is 2.29. The molecule has 4 aromatic rings. The van der Waals surface area contributed by atoms with E-state index in [0.29, 0.717) is 13.2 Å². The van der Waals surface area contributed by atoms with Gasteiger partial charge in [0.1, 0.15) is 12.2 Å². The molecule has 0 N–H and O–H groups in total. The highest BCUT2D eigenvalue weighted by Gasteiger charge is 2.21. The zero-order valence-electron chi connectivity index (χ0n) is 26.6. The molecule has 0 saturated heterocycles. The van der Waals surface area contributed by atoms with Crippen LogP contribution in [0.5, 0.6) is 0 Å². The van der Waals surface area contributed by atoms with E-state index in [-0.39, 0.29) is 12.2 Å². The van der Waals surface area contributed by atoms with Gasteiger partial charge in [0.05, 0.1) is 13.2 Å². The number of allylic oxidation sites excluding steroid dienone is 6. The van der Waals surface area contributed by atoms with E-state index in [2.05, 4.69) is 158 Å². The van der Waals surface area contributed by atoms with Crippen molar-refractivity contribution in [3.05, 3.63) is 179 Å². The summed E-state index contributed by atoms with van der Waals surface area (Å²) in [7, 11) is 3.43. The number of ether oxygens (including phenoxy) is 3. The summed E-state index contributed by atoms with van der Waals surface area (Å²) in [6.45, 7) is 0.889. The Morgan fingerprint density at radius 1 is 0.511 bits per heavy atom. The van der Waals surface area contributed by atoms with E-state index in [1.807, 2.05) is 0 Å². The van der Waals surface area contributed by atoms with Crippen molar-refractivity contribution in [2.24, 2.45) is 0 Å². The number of aryl methyl sites for hydroxylation is 2. The molecule has 2 unspecified atom stereocenters. The fraction of sp³-hybridized carbons (Fsp3) is 0.238. The molecule has 45 heavy (non-hydrogen) atoms. The average Bonchev–Trinajstić information content (AvgIpc) is 3.08. The summed E-state index contributed by atoms with van der Waals surface area (Å²) >= 11 is 0. The molecule has 0 amide bonds. The molecule has 0 heterocycles. The van der Waals surface area contributed by atoms with Crippen LogP contribution in [0, 0.1) is 0 Å². The van der Waals surface area contributed by atoms with Crippen molar-refractivity contribution in [2.75, 3.05) is 27.4 Å². The van der Waals surface area contributed by atoms with Gasteiger partial charge in [0.25, 0.3) is 0 Å². The van der Waals surface area contributed by atoms with E-state index in [9.17, 15) is 0 Å². The topological polar surface area (TPSA) is 27.7 Å². The highest BCUT2D eigenvalue weighted by atomic mass is 16.6. The lowest BCUT2D eigenvalue weighted by molar-refractivity contribution is -0.0775. The second-order valence-corrected chi connectivity index (χ2v) is 11.0. The summed E-state index contributed by atoms with van der Waals surface area (Å²) in [5, 5.41) is 0. The van der Waals surface area contributed by atoms with Crippen LogP contribution in [-0.4, -0.2) is 27.4 Å². The molecule has 4 rings (SSSR count). The molecular formula is C42H46O3. The zero-order valence-corrected chi connectivity index (χ0v) is 26.6. The standard InChI is InChI=1S/C42H46O3/c1-43-33-41(39-29-17-27-37(31-39)25-11-5-3-9-19-35-21-13-7-14-22-35)45-42(34-44-2)40-30-18-28-38(32-40)26-12-6-4-10-20-36-23-15-8-16-24-36/h3-8,11-18,21-32,41-42H,9-10,19-20,33-34H2,1-2H3. The molecule has 3 heteroatoms. The maximum absolute atomic E-state index is 6.69. The molecule has 0 aliphatic rings. The molecule has 0 radical (unpaired) electrons. The third-order valence-electron chi connectivity index (χ3n) is 7.49. The van der Waals surface area contributed by atoms with Gasteiger partial charge >= 0.3 is 0 Å². The molecule has 0 aliphatic heterocycles. The van der Waals surface area contributed by atoms with Gasteiger partial charge in [0.15, 0.2) is 0 Å². The smallest absolute Gasteiger partial charge is 0.107 e. The van der Waals surface area contributed by atoms with Crippen LogP contribution in [0.4, 0.5) is 0 Å². The van der Waals surface area contributed by atoms with Gasteiger partial charge in [-0.3, -0.25) is 0 Å². The second-order valence-electron chi connectivity index (χ2n) is 11.0. The fourth-order valence-corrected chi connectivity index (χ4v) is 5.13. The summed E-state index contributed by atoms with van der Waals surface area (Å²) in [6, 6.07) is 38.1. The van der Waals surface area contributed by atoms with Crippen molar-refractivity contribution in [1.82, 2.24) is 0 Å². The van der Waals surface area contributed by atoms with E-state index in [1.54, 1.807) is 14.2 Å². The molecule has 0 bridgehead atoms. The van der Waals surface area contributed by atoms with Gasteiger partial charge < -0.3 is 14.2 Å². The molecule has 232 valence electrons. The van der Waals surface area contributed by atoms with Gasteiger partial charge in [-0.15, -0.1) is 0 Å². The van der Waals surface area contributed by atoms with E-state index in [4.69, 9.17) is 14.2 Å². The summed E-state index contributed by atoms with van der Waals surface area (Å²) in [4.78, 5) is 0. The summed E-state index contributed by atoms with van der Waals surface area (Å²) in [5.74, 6) is 0.